The molecule has 1 fully saturated rings. The summed E-state index contributed by atoms with van der Waals surface area (Å²) in [7, 11) is 0. The van der Waals surface area contributed by atoms with Gasteiger partial charge < -0.3 is 152 Å². The van der Waals surface area contributed by atoms with Crippen LogP contribution in [0.3, 0.4) is 0 Å². The number of aliphatic hydroxyl groups excluding tert-OH is 12. The number of unbranched alkanes of at least 4 members (excludes halogenated alkanes) is 7. The van der Waals surface area contributed by atoms with Gasteiger partial charge in [-0.3, -0.25) is 52.7 Å². The van der Waals surface area contributed by atoms with Crippen molar-refractivity contribution < 1.29 is 152 Å². The Labute approximate surface area is 672 Å². The summed E-state index contributed by atoms with van der Waals surface area (Å²) < 4.78 is 45.7. The SMILES string of the molecule is CC(=O)N[C@@H]1C(OCCCCC(=O)NC(CCCCNC(=O)CCCCOC(OC(CO)[C@@H](C)O)[C@H](CO)NC(C)=O)C(=O)NC(CCCCNC(=O)C(CCCCNC(=O)CCCCOC(OC(CO)[C@@H](C)O)[C@H](CO)NC(C)=O)NC(=O)CCCCOC(OC(CO)[C@@H](C)O)[C@H](CO)NC(C)=O)C(C)=O)OC(CO)C(O)C1O. The zero-order chi connectivity index (χ0) is 86.4. The Morgan fingerprint density at radius 1 is 0.374 bits per heavy atom. The van der Waals surface area contributed by atoms with Gasteiger partial charge in [-0.05, 0) is 137 Å². The second-order valence-corrected chi connectivity index (χ2v) is 28.5. The van der Waals surface area contributed by atoms with Crippen molar-refractivity contribution in [1.29, 1.82) is 0 Å². The van der Waals surface area contributed by atoms with Crippen LogP contribution in [0.1, 0.15) is 190 Å². The number of nitrogens with one attached hydrogen (secondary N) is 10. The first kappa shape index (κ1) is 107. The van der Waals surface area contributed by atoms with Gasteiger partial charge >= 0.3 is 0 Å². The highest BCUT2D eigenvalue weighted by Gasteiger charge is 2.45. The number of hydrogen-bond acceptors (Lipinski definition) is 31. The minimum atomic E-state index is -1.54. The molecule has 1 heterocycles. The maximum Gasteiger partial charge on any atom is 0.243 e. The number of carbonyl (C=O) groups excluding carboxylic acids is 11. The highest BCUT2D eigenvalue weighted by atomic mass is 16.7. The smallest absolute Gasteiger partial charge is 0.243 e. The lowest BCUT2D eigenvalue weighted by atomic mass is 9.97. The maximum absolute atomic E-state index is 14.1. The van der Waals surface area contributed by atoms with E-state index in [4.69, 9.17) is 37.9 Å². The Balaban J connectivity index is 3.20. The lowest BCUT2D eigenvalue weighted by Gasteiger charge is -2.42. The van der Waals surface area contributed by atoms with Crippen LogP contribution in [0.2, 0.25) is 0 Å². The van der Waals surface area contributed by atoms with Crippen molar-refractivity contribution in [3.8, 4) is 0 Å². The third-order valence-corrected chi connectivity index (χ3v) is 18.2. The molecule has 0 aromatic carbocycles. The average Bonchev–Trinajstić information content (AvgIpc) is 0.806. The third-order valence-electron chi connectivity index (χ3n) is 18.2. The third kappa shape index (κ3) is 47.1. The molecule has 115 heavy (non-hydrogen) atoms. The average molecular weight is 1660 g/mol. The Morgan fingerprint density at radius 3 is 1.05 bits per heavy atom. The molecule has 41 heteroatoms. The summed E-state index contributed by atoms with van der Waals surface area (Å²) in [5.74, 6) is -5.32. The quantitative estimate of drug-likeness (QED) is 0.0199. The van der Waals surface area contributed by atoms with Crippen LogP contribution in [0.5, 0.6) is 0 Å². The van der Waals surface area contributed by atoms with Crippen molar-refractivity contribution in [3.05, 3.63) is 0 Å². The second kappa shape index (κ2) is 62.7. The molecule has 1 aliphatic heterocycles. The molecule has 1 saturated heterocycles. The molecule has 0 radical (unpaired) electrons. The zero-order valence-electron chi connectivity index (χ0n) is 67.9. The van der Waals surface area contributed by atoms with Crippen LogP contribution in [0.25, 0.3) is 0 Å². The van der Waals surface area contributed by atoms with Crippen molar-refractivity contribution in [2.75, 3.05) is 92.3 Å². The Bertz CT molecular complexity index is 2770. The topological polar surface area (TPSA) is 625 Å². The standard InChI is InChI=1S/C74H136N10O31/c1-44(92)52(84-70(107)54(83-65(103)29-15-22-36-111-74-66(81-51(8)99)68(105)67(104)61(43-91)115-74)25-11-17-31-76-63(101)27-13-20-34-109-72(56(38-86)79-49(6)97)113-59(41-89)46(3)94)23-9-18-32-77-69(106)53(82-64(102)28-14-21-35-110-73(57(39-87)80-50(7)98)114-60(42-90)47(4)95)24-10-16-30-75-62(100)26-12-19-33-108-71(55(37-85)78-48(5)96)112-58(40-88)45(2)93/h45-47,52-61,66-68,71-74,85-91,93-95,104-105H,9-43H2,1-8H3,(H,75,100)(H,76,101)(H,77,106)(H,78,96)(H,79,97)(H,80,98)(H,81,99)(H,82,102)(H,83,103)(H,84,107)/t45-,46-,47-,52?,53?,54?,55+,56+,57+,58?,59?,60?,61?,66+,67?,68?,71?,72?,73?,74?/m1/s1. The summed E-state index contributed by atoms with van der Waals surface area (Å²) in [5, 5.41) is 146. The monoisotopic (exact) mass is 1660 g/mol. The molecule has 0 spiro atoms. The van der Waals surface area contributed by atoms with E-state index in [1.165, 1.54) is 55.4 Å². The minimum Gasteiger partial charge on any atom is -0.394 e. The zero-order valence-corrected chi connectivity index (χ0v) is 67.9. The van der Waals surface area contributed by atoms with Gasteiger partial charge in [0, 0.05) is 99.4 Å². The normalized spacial score (nSPS) is 19.5. The number of rotatable bonds is 68. The second-order valence-electron chi connectivity index (χ2n) is 28.5. The molecule has 1 rings (SSSR count). The minimum absolute atomic E-state index is 0.0164. The van der Waals surface area contributed by atoms with Crippen molar-refractivity contribution >= 4 is 64.9 Å². The molecule has 10 amide bonds. The molecular weight excluding hydrogens is 1520 g/mol. The number of amides is 10. The highest BCUT2D eigenvalue weighted by Crippen LogP contribution is 2.23. The van der Waals surface area contributed by atoms with Gasteiger partial charge in [0.25, 0.3) is 0 Å². The van der Waals surface area contributed by atoms with E-state index in [1.807, 2.05) is 0 Å². The van der Waals surface area contributed by atoms with Gasteiger partial charge in [-0.1, -0.05) is 0 Å². The number of ketones is 1. The Hall–Kier alpha value is -6.43. The van der Waals surface area contributed by atoms with Crippen LogP contribution in [0, 0.1) is 0 Å². The van der Waals surface area contributed by atoms with Crippen molar-refractivity contribution in [1.82, 2.24) is 53.2 Å². The summed E-state index contributed by atoms with van der Waals surface area (Å²) in [6, 6.07) is -7.60. The molecule has 22 N–H and O–H groups in total. The largest absolute Gasteiger partial charge is 0.394 e. The summed E-state index contributed by atoms with van der Waals surface area (Å²) in [5.41, 5.74) is 0. The number of carbonyl (C=O) groups is 11. The van der Waals surface area contributed by atoms with Crippen LogP contribution in [-0.2, 0) is 90.6 Å². The first-order valence-electron chi connectivity index (χ1n) is 39.7. The van der Waals surface area contributed by atoms with E-state index >= 15 is 0 Å². The number of Topliss-reactive ketones (excluding diaryl/α,β-unsaturated/α-hetero) is 1. The van der Waals surface area contributed by atoms with Crippen LogP contribution in [0.15, 0.2) is 0 Å². The van der Waals surface area contributed by atoms with Crippen LogP contribution < -0.4 is 53.2 Å². The van der Waals surface area contributed by atoms with E-state index in [-0.39, 0.29) is 141 Å². The molecule has 1 aliphatic rings. The van der Waals surface area contributed by atoms with Crippen molar-refractivity contribution in [3.63, 3.8) is 0 Å². The molecule has 13 unspecified atom stereocenters. The van der Waals surface area contributed by atoms with Gasteiger partial charge in [0.2, 0.25) is 59.1 Å². The molecule has 668 valence electrons. The first-order chi connectivity index (χ1) is 54.7. The van der Waals surface area contributed by atoms with E-state index < -0.39 is 222 Å². The van der Waals surface area contributed by atoms with Crippen LogP contribution in [0.4, 0.5) is 0 Å². The number of aliphatic hydroxyl groups is 12. The molecule has 20 atom stereocenters. The Morgan fingerprint density at radius 2 is 0.722 bits per heavy atom. The molecule has 0 bridgehead atoms. The van der Waals surface area contributed by atoms with E-state index in [1.54, 1.807) is 0 Å². The fourth-order valence-electron chi connectivity index (χ4n) is 11.6. The molecule has 41 nitrogen and oxygen atoms in total. The van der Waals surface area contributed by atoms with Gasteiger partial charge in [0.15, 0.2) is 30.9 Å². The highest BCUT2D eigenvalue weighted by molar-refractivity contribution is 5.92. The number of hydrogen-bond donors (Lipinski definition) is 22. The fraction of sp³-hybridized carbons (Fsp3) is 0.851. The predicted molar refractivity (Wildman–Crippen MR) is 408 cm³/mol. The summed E-state index contributed by atoms with van der Waals surface area (Å²) in [6.45, 7) is 6.47. The van der Waals surface area contributed by atoms with Crippen molar-refractivity contribution in [2.45, 2.75) is 313 Å². The van der Waals surface area contributed by atoms with Crippen LogP contribution in [-0.4, -0.2) is 341 Å². The van der Waals surface area contributed by atoms with Gasteiger partial charge in [0.1, 0.15) is 72.9 Å². The van der Waals surface area contributed by atoms with Gasteiger partial charge in [-0.15, -0.1) is 0 Å². The summed E-state index contributed by atoms with van der Waals surface area (Å²) >= 11 is 0. The molecular formula is C74H136N10O31. The van der Waals surface area contributed by atoms with Crippen molar-refractivity contribution in [2.24, 2.45) is 0 Å². The molecule has 0 aromatic rings. The molecule has 0 aromatic heterocycles. The van der Waals surface area contributed by atoms with E-state index in [9.17, 15) is 114 Å². The molecule has 0 aliphatic carbocycles. The van der Waals surface area contributed by atoms with E-state index in [0.717, 1.165) is 0 Å². The van der Waals surface area contributed by atoms with E-state index in [2.05, 4.69) is 53.2 Å². The van der Waals surface area contributed by atoms with Gasteiger partial charge in [-0.2, -0.15) is 0 Å². The predicted octanol–water partition coefficient (Wildman–Crippen LogP) is -5.68. The maximum atomic E-state index is 14.1. The van der Waals surface area contributed by atoms with Gasteiger partial charge in [0.05, 0.1) is 70.6 Å². The molecule has 0 saturated carbocycles. The first-order valence-corrected chi connectivity index (χ1v) is 39.7. The summed E-state index contributed by atoms with van der Waals surface area (Å²) in [6.07, 6.45) is -11.5. The fourth-order valence-corrected chi connectivity index (χ4v) is 11.6. The lowest BCUT2D eigenvalue weighted by molar-refractivity contribution is -0.270. The van der Waals surface area contributed by atoms with Gasteiger partial charge in [-0.25, -0.2) is 0 Å². The van der Waals surface area contributed by atoms with Crippen LogP contribution >= 0.6 is 0 Å². The number of ether oxygens (including phenoxy) is 8. The Kier molecular flexibility index (Phi) is 58.1. The lowest BCUT2D eigenvalue weighted by Crippen LogP contribution is -2.64. The van der Waals surface area contributed by atoms with E-state index in [0.29, 0.717) is 51.4 Å². The summed E-state index contributed by atoms with van der Waals surface area (Å²) in [4.78, 5) is 141.